The summed E-state index contributed by atoms with van der Waals surface area (Å²) in [7, 11) is 0. The Kier molecular flexibility index (Phi) is 8.72. The van der Waals surface area contributed by atoms with Crippen molar-refractivity contribution in [3.63, 3.8) is 0 Å². The molecule has 1 fully saturated rings. The number of carboxylic acids is 1. The SMILES string of the molecule is CC(=O)OCC1OC(Oc2ccsc2C(C)=O)C(CC(=O)O)C(OC(C)=O)C1OC(C)=O. The Morgan fingerprint density at radius 3 is 2.16 bits per heavy atom. The zero-order chi connectivity index (χ0) is 24.0. The van der Waals surface area contributed by atoms with E-state index in [1.165, 1.54) is 19.9 Å². The molecule has 1 aliphatic heterocycles. The first-order valence-electron chi connectivity index (χ1n) is 9.59. The van der Waals surface area contributed by atoms with Gasteiger partial charge in [-0.1, -0.05) is 0 Å². The summed E-state index contributed by atoms with van der Waals surface area (Å²) < 4.78 is 27.3. The van der Waals surface area contributed by atoms with Crippen LogP contribution in [-0.4, -0.2) is 66.0 Å². The van der Waals surface area contributed by atoms with E-state index in [0.29, 0.717) is 0 Å². The van der Waals surface area contributed by atoms with E-state index in [4.69, 9.17) is 23.7 Å². The molecular formula is C20H24O11S. The minimum absolute atomic E-state index is 0.154. The Bertz CT molecular complexity index is 877. The van der Waals surface area contributed by atoms with Crippen molar-refractivity contribution in [2.24, 2.45) is 5.92 Å². The van der Waals surface area contributed by atoms with E-state index in [1.807, 2.05) is 0 Å². The van der Waals surface area contributed by atoms with Gasteiger partial charge in [0.2, 0.25) is 6.29 Å². The van der Waals surface area contributed by atoms with E-state index in [9.17, 15) is 29.1 Å². The second-order valence-electron chi connectivity index (χ2n) is 7.04. The van der Waals surface area contributed by atoms with Crippen LogP contribution in [-0.2, 0) is 38.1 Å². The quantitative estimate of drug-likeness (QED) is 0.317. The highest BCUT2D eigenvalue weighted by atomic mass is 32.1. The fraction of sp³-hybridized carbons (Fsp3) is 0.550. The highest BCUT2D eigenvalue weighted by molar-refractivity contribution is 7.12. The van der Waals surface area contributed by atoms with Crippen LogP contribution in [0.1, 0.15) is 43.8 Å². The van der Waals surface area contributed by atoms with E-state index in [-0.39, 0.29) is 23.0 Å². The Balaban J connectivity index is 2.48. The molecule has 0 bridgehead atoms. The lowest BCUT2D eigenvalue weighted by molar-refractivity contribution is -0.271. The van der Waals surface area contributed by atoms with Crippen molar-refractivity contribution in [3.8, 4) is 5.75 Å². The number of Topliss-reactive ketones (excluding diaryl/α,β-unsaturated/α-hetero) is 1. The van der Waals surface area contributed by atoms with E-state index >= 15 is 0 Å². The van der Waals surface area contributed by atoms with Gasteiger partial charge in [0.15, 0.2) is 18.0 Å². The fourth-order valence-corrected chi connectivity index (χ4v) is 4.00. The molecule has 0 saturated carbocycles. The lowest BCUT2D eigenvalue weighted by atomic mass is 9.88. The maximum Gasteiger partial charge on any atom is 0.304 e. The normalized spacial score (nSPS) is 24.8. The molecule has 0 spiro atoms. The Morgan fingerprint density at radius 2 is 1.62 bits per heavy atom. The summed E-state index contributed by atoms with van der Waals surface area (Å²) in [6, 6.07) is 1.52. The number of carboxylic acid groups (broad SMARTS) is 1. The van der Waals surface area contributed by atoms with Gasteiger partial charge in [-0.3, -0.25) is 24.0 Å². The summed E-state index contributed by atoms with van der Waals surface area (Å²) in [6.45, 7) is 4.36. The van der Waals surface area contributed by atoms with Crippen LogP contribution in [0.2, 0.25) is 0 Å². The van der Waals surface area contributed by atoms with Gasteiger partial charge >= 0.3 is 23.9 Å². The topological polar surface area (TPSA) is 152 Å². The minimum atomic E-state index is -1.32. The molecule has 176 valence electrons. The van der Waals surface area contributed by atoms with Crippen molar-refractivity contribution in [1.29, 1.82) is 0 Å². The van der Waals surface area contributed by atoms with Crippen LogP contribution in [0.3, 0.4) is 0 Å². The zero-order valence-corrected chi connectivity index (χ0v) is 18.7. The molecule has 1 N–H and O–H groups in total. The third-order valence-corrected chi connectivity index (χ3v) is 5.42. The average molecular weight is 472 g/mol. The number of rotatable bonds is 9. The first kappa shape index (κ1) is 25.3. The molecule has 1 saturated heterocycles. The summed E-state index contributed by atoms with van der Waals surface area (Å²) in [5.41, 5.74) is 0. The number of carbonyl (C=O) groups excluding carboxylic acids is 4. The van der Waals surface area contributed by atoms with E-state index in [1.54, 1.807) is 5.38 Å². The van der Waals surface area contributed by atoms with Gasteiger partial charge in [-0.25, -0.2) is 0 Å². The predicted octanol–water partition coefficient (Wildman–Crippen LogP) is 1.57. The third kappa shape index (κ3) is 6.76. The number of thiophene rings is 1. The smallest absolute Gasteiger partial charge is 0.304 e. The van der Waals surface area contributed by atoms with Gasteiger partial charge in [-0.2, -0.15) is 0 Å². The van der Waals surface area contributed by atoms with Gasteiger partial charge in [0.05, 0.1) is 12.3 Å². The van der Waals surface area contributed by atoms with E-state index in [0.717, 1.165) is 25.2 Å². The molecule has 1 aromatic rings. The standard InChI is InChI=1S/C20H24O11S/c1-9(21)19-14(5-6-32-19)30-20-13(7-16(25)26)17(28-11(3)23)18(29-12(4)24)15(31-20)8-27-10(2)22/h5-6,13,15,17-18,20H,7-8H2,1-4H3,(H,25,26). The van der Waals surface area contributed by atoms with Crippen LogP contribution in [0.4, 0.5) is 0 Å². The summed E-state index contributed by atoms with van der Waals surface area (Å²) >= 11 is 1.13. The van der Waals surface area contributed by atoms with E-state index < -0.39 is 60.8 Å². The first-order valence-corrected chi connectivity index (χ1v) is 10.5. The number of carbonyl (C=O) groups is 5. The van der Waals surface area contributed by atoms with Crippen LogP contribution >= 0.6 is 11.3 Å². The molecule has 0 aromatic carbocycles. The molecule has 2 heterocycles. The zero-order valence-electron chi connectivity index (χ0n) is 17.9. The van der Waals surface area contributed by atoms with Crippen LogP contribution in [0, 0.1) is 5.92 Å². The molecule has 0 radical (unpaired) electrons. The van der Waals surface area contributed by atoms with Gasteiger partial charge in [-0.15, -0.1) is 11.3 Å². The molecule has 0 aliphatic carbocycles. The Labute approximate surface area is 187 Å². The number of esters is 3. The van der Waals surface area contributed by atoms with Gasteiger partial charge in [0, 0.05) is 27.7 Å². The largest absolute Gasteiger partial charge is 0.481 e. The highest BCUT2D eigenvalue weighted by Gasteiger charge is 2.52. The van der Waals surface area contributed by atoms with E-state index in [2.05, 4.69) is 0 Å². The molecule has 32 heavy (non-hydrogen) atoms. The maximum atomic E-state index is 11.9. The summed E-state index contributed by atoms with van der Waals surface area (Å²) in [6.07, 6.45) is -5.58. The van der Waals surface area contributed by atoms with Crippen molar-refractivity contribution in [3.05, 3.63) is 16.3 Å². The third-order valence-electron chi connectivity index (χ3n) is 4.43. The van der Waals surface area contributed by atoms with Crippen molar-refractivity contribution in [2.45, 2.75) is 58.7 Å². The lowest BCUT2D eigenvalue weighted by Crippen LogP contribution is -2.60. The van der Waals surface area contributed by atoms with Crippen LogP contribution in [0.15, 0.2) is 11.4 Å². The molecule has 2 rings (SSSR count). The number of hydrogen-bond acceptors (Lipinski definition) is 11. The molecule has 5 unspecified atom stereocenters. The number of ether oxygens (including phenoxy) is 5. The molecule has 11 nitrogen and oxygen atoms in total. The molecule has 5 atom stereocenters. The van der Waals surface area contributed by atoms with Gasteiger partial charge in [0.1, 0.15) is 23.3 Å². The minimum Gasteiger partial charge on any atom is -0.481 e. The number of aliphatic carboxylic acids is 1. The number of hydrogen-bond donors (Lipinski definition) is 1. The molecule has 1 aromatic heterocycles. The van der Waals surface area contributed by atoms with Gasteiger partial charge < -0.3 is 28.8 Å². The Hall–Kier alpha value is -2.99. The molecule has 1 aliphatic rings. The summed E-state index contributed by atoms with van der Waals surface area (Å²) in [5, 5.41) is 11.0. The van der Waals surface area contributed by atoms with Gasteiger partial charge in [0.25, 0.3) is 0 Å². The maximum absolute atomic E-state index is 11.9. The predicted molar refractivity (Wildman–Crippen MR) is 107 cm³/mol. The Morgan fingerprint density at radius 1 is 1.00 bits per heavy atom. The summed E-state index contributed by atoms with van der Waals surface area (Å²) in [4.78, 5) is 58.5. The number of ketones is 1. The van der Waals surface area contributed by atoms with Crippen molar-refractivity contribution in [2.75, 3.05) is 6.61 Å². The second-order valence-corrected chi connectivity index (χ2v) is 7.96. The molecule has 0 amide bonds. The lowest BCUT2D eigenvalue weighted by Gasteiger charge is -2.44. The highest BCUT2D eigenvalue weighted by Crippen LogP contribution is 2.36. The van der Waals surface area contributed by atoms with Gasteiger partial charge in [-0.05, 0) is 11.4 Å². The summed E-state index contributed by atoms with van der Waals surface area (Å²) in [5.74, 6) is -4.62. The van der Waals surface area contributed by atoms with Crippen molar-refractivity contribution < 1.29 is 52.8 Å². The average Bonchev–Trinajstić information content (AvgIpc) is 3.12. The first-order chi connectivity index (χ1) is 15.0. The van der Waals surface area contributed by atoms with Crippen LogP contribution < -0.4 is 4.74 Å². The van der Waals surface area contributed by atoms with Crippen molar-refractivity contribution >= 4 is 41.0 Å². The monoisotopic (exact) mass is 472 g/mol. The fourth-order valence-electron chi connectivity index (χ4n) is 3.28. The molecular weight excluding hydrogens is 448 g/mol. The van der Waals surface area contributed by atoms with Crippen LogP contribution in [0.5, 0.6) is 5.75 Å². The van der Waals surface area contributed by atoms with Crippen molar-refractivity contribution in [1.82, 2.24) is 0 Å². The second kappa shape index (κ2) is 11.0. The van der Waals surface area contributed by atoms with Crippen LogP contribution in [0.25, 0.3) is 0 Å². The molecule has 12 heteroatoms.